The maximum Gasteiger partial charge on any atom is 0.254 e. The number of amides is 1. The Bertz CT molecular complexity index is 1110. The van der Waals surface area contributed by atoms with Crippen LogP contribution >= 0.6 is 15.9 Å². The molecule has 0 aliphatic carbocycles. The molecule has 2 atom stereocenters. The third-order valence-corrected chi connectivity index (χ3v) is 6.60. The number of piperidine rings is 1. The lowest BCUT2D eigenvalue weighted by Gasteiger charge is -2.43. The number of aromatic nitrogens is 1. The van der Waals surface area contributed by atoms with E-state index in [0.717, 1.165) is 34.1 Å². The van der Waals surface area contributed by atoms with Crippen LogP contribution in [0.2, 0.25) is 0 Å². The fraction of sp³-hybridized carbons (Fsp3) is 0.261. The minimum atomic E-state index is -0.107. The molecule has 0 bridgehead atoms. The number of rotatable bonds is 1. The molecule has 2 N–H and O–H groups in total. The van der Waals surface area contributed by atoms with Crippen molar-refractivity contribution in [3.63, 3.8) is 0 Å². The fourth-order valence-corrected chi connectivity index (χ4v) is 5.23. The summed E-state index contributed by atoms with van der Waals surface area (Å²) in [6.07, 6.45) is 1.59. The second-order valence-corrected chi connectivity index (χ2v) is 8.59. The SMILES string of the molecule is C/C(O)=C1/C(=O)N2CCc3c([nH]c4ccc(Br)cc34)[C@@H]2C[C@H]1c1ccccc1. The standard InChI is InChI=1S/C23H21BrN2O2/c1-13(27)21-17(14-5-3-2-4-6-14)12-20-22-16(9-10-26(20)23(21)28)18-11-15(24)7-8-19(18)25-22/h2-8,11,17,20,25,27H,9-10,12H2,1H3/b21-13-/t17-,20-/m0/s1. The molecule has 142 valence electrons. The van der Waals surface area contributed by atoms with Crippen LogP contribution in [-0.2, 0) is 11.2 Å². The molecular formula is C23H21BrN2O2. The predicted octanol–water partition coefficient (Wildman–Crippen LogP) is 5.38. The first-order valence-electron chi connectivity index (χ1n) is 9.60. The van der Waals surface area contributed by atoms with E-state index in [0.29, 0.717) is 12.1 Å². The second-order valence-electron chi connectivity index (χ2n) is 7.67. The number of allylic oxidation sites excluding steroid dienone is 1. The van der Waals surface area contributed by atoms with E-state index < -0.39 is 0 Å². The Balaban J connectivity index is 1.65. The molecule has 2 aliphatic rings. The Morgan fingerprint density at radius 3 is 2.75 bits per heavy atom. The largest absolute Gasteiger partial charge is 0.512 e. The molecule has 2 aromatic carbocycles. The van der Waals surface area contributed by atoms with Crippen LogP contribution in [0.4, 0.5) is 0 Å². The first kappa shape index (κ1) is 17.6. The number of aliphatic hydroxyl groups is 1. The van der Waals surface area contributed by atoms with Gasteiger partial charge in [-0.15, -0.1) is 0 Å². The molecule has 5 heteroatoms. The highest BCUT2D eigenvalue weighted by Crippen LogP contribution is 2.47. The van der Waals surface area contributed by atoms with E-state index in [2.05, 4.69) is 33.0 Å². The summed E-state index contributed by atoms with van der Waals surface area (Å²) < 4.78 is 1.06. The molecule has 1 fully saturated rings. The number of fused-ring (bicyclic) bond motifs is 5. The summed E-state index contributed by atoms with van der Waals surface area (Å²) in [7, 11) is 0. The molecule has 3 aromatic rings. The minimum absolute atomic E-state index is 0.00395. The Kier molecular flexibility index (Phi) is 4.09. The average molecular weight is 437 g/mol. The van der Waals surface area contributed by atoms with Gasteiger partial charge in [0.25, 0.3) is 5.91 Å². The van der Waals surface area contributed by atoms with Crippen molar-refractivity contribution in [2.75, 3.05) is 6.54 Å². The van der Waals surface area contributed by atoms with Crippen molar-refractivity contribution >= 4 is 32.7 Å². The molecule has 3 heterocycles. The number of carbonyl (C=O) groups excluding carboxylic acids is 1. The Morgan fingerprint density at radius 1 is 1.21 bits per heavy atom. The monoisotopic (exact) mass is 436 g/mol. The highest BCUT2D eigenvalue weighted by Gasteiger charge is 2.43. The maximum atomic E-state index is 13.4. The zero-order valence-electron chi connectivity index (χ0n) is 15.6. The Labute approximate surface area is 172 Å². The predicted molar refractivity (Wildman–Crippen MR) is 113 cm³/mol. The minimum Gasteiger partial charge on any atom is -0.512 e. The molecule has 28 heavy (non-hydrogen) atoms. The van der Waals surface area contributed by atoms with Crippen molar-refractivity contribution < 1.29 is 9.90 Å². The molecule has 0 unspecified atom stereocenters. The molecule has 0 spiro atoms. The number of hydrogen-bond acceptors (Lipinski definition) is 2. The smallest absolute Gasteiger partial charge is 0.254 e. The van der Waals surface area contributed by atoms with Crippen LogP contribution in [0.15, 0.2) is 64.3 Å². The van der Waals surface area contributed by atoms with E-state index >= 15 is 0 Å². The summed E-state index contributed by atoms with van der Waals surface area (Å²) in [5.74, 6) is -0.0247. The summed E-state index contributed by atoms with van der Waals surface area (Å²) in [5.41, 5.74) is 5.17. The molecule has 5 rings (SSSR count). The molecule has 4 nitrogen and oxygen atoms in total. The van der Waals surface area contributed by atoms with Crippen molar-refractivity contribution in [2.45, 2.75) is 31.7 Å². The van der Waals surface area contributed by atoms with Gasteiger partial charge in [-0.2, -0.15) is 0 Å². The van der Waals surface area contributed by atoms with E-state index in [9.17, 15) is 9.90 Å². The van der Waals surface area contributed by atoms with Crippen LogP contribution in [0.1, 0.15) is 42.1 Å². The van der Waals surface area contributed by atoms with Gasteiger partial charge >= 0.3 is 0 Å². The number of halogens is 1. The quantitative estimate of drug-likeness (QED) is 0.397. The highest BCUT2D eigenvalue weighted by atomic mass is 79.9. The van der Waals surface area contributed by atoms with Crippen molar-refractivity contribution in [2.24, 2.45) is 0 Å². The molecule has 1 saturated heterocycles. The molecule has 1 aromatic heterocycles. The van der Waals surface area contributed by atoms with Gasteiger partial charge in [0.15, 0.2) is 0 Å². The number of hydrogen-bond donors (Lipinski definition) is 2. The van der Waals surface area contributed by atoms with E-state index in [4.69, 9.17) is 0 Å². The van der Waals surface area contributed by atoms with E-state index in [1.165, 1.54) is 10.9 Å². The van der Waals surface area contributed by atoms with Crippen LogP contribution in [0.25, 0.3) is 10.9 Å². The van der Waals surface area contributed by atoms with Gasteiger partial charge in [0.1, 0.15) is 0 Å². The van der Waals surface area contributed by atoms with Gasteiger partial charge in [0.2, 0.25) is 0 Å². The van der Waals surface area contributed by atoms with Crippen LogP contribution in [0.5, 0.6) is 0 Å². The number of nitrogens with zero attached hydrogens (tertiary/aromatic N) is 1. The van der Waals surface area contributed by atoms with Crippen molar-refractivity contribution in [1.29, 1.82) is 0 Å². The first-order chi connectivity index (χ1) is 13.5. The number of carbonyl (C=O) groups is 1. The van der Waals surface area contributed by atoms with E-state index in [1.54, 1.807) is 6.92 Å². The lowest BCUT2D eigenvalue weighted by Crippen LogP contribution is -2.46. The third kappa shape index (κ3) is 2.60. The zero-order valence-corrected chi connectivity index (χ0v) is 17.2. The van der Waals surface area contributed by atoms with Crippen molar-refractivity contribution in [3.8, 4) is 0 Å². The summed E-state index contributed by atoms with van der Waals surface area (Å²) >= 11 is 3.58. The van der Waals surface area contributed by atoms with Gasteiger partial charge < -0.3 is 15.0 Å². The number of H-pyrrole nitrogens is 1. The van der Waals surface area contributed by atoms with Gasteiger partial charge in [-0.3, -0.25) is 4.79 Å². The molecule has 0 radical (unpaired) electrons. The van der Waals surface area contributed by atoms with Crippen LogP contribution in [0, 0.1) is 0 Å². The topological polar surface area (TPSA) is 56.3 Å². The average Bonchev–Trinajstić information content (AvgIpc) is 3.06. The van der Waals surface area contributed by atoms with E-state index in [-0.39, 0.29) is 23.6 Å². The van der Waals surface area contributed by atoms with Gasteiger partial charge in [-0.05, 0) is 49.1 Å². The third-order valence-electron chi connectivity index (χ3n) is 6.10. The highest BCUT2D eigenvalue weighted by molar-refractivity contribution is 9.10. The summed E-state index contributed by atoms with van der Waals surface area (Å²) in [6, 6.07) is 16.3. The van der Waals surface area contributed by atoms with Gasteiger partial charge in [0.05, 0.1) is 17.4 Å². The van der Waals surface area contributed by atoms with Crippen LogP contribution < -0.4 is 0 Å². The summed E-state index contributed by atoms with van der Waals surface area (Å²) in [4.78, 5) is 18.9. The zero-order chi connectivity index (χ0) is 19.4. The van der Waals surface area contributed by atoms with E-state index in [1.807, 2.05) is 41.3 Å². The molecular weight excluding hydrogens is 416 g/mol. The Morgan fingerprint density at radius 2 is 2.00 bits per heavy atom. The molecule has 2 aliphatic heterocycles. The molecule has 1 amide bonds. The number of aliphatic hydroxyl groups excluding tert-OH is 1. The van der Waals surface area contributed by atoms with Crippen LogP contribution in [-0.4, -0.2) is 27.4 Å². The lowest BCUT2D eigenvalue weighted by atomic mass is 9.77. The fourth-order valence-electron chi connectivity index (χ4n) is 4.87. The first-order valence-corrected chi connectivity index (χ1v) is 10.4. The normalized spacial score (nSPS) is 23.5. The van der Waals surface area contributed by atoms with Crippen molar-refractivity contribution in [3.05, 3.63) is 81.2 Å². The maximum absolute atomic E-state index is 13.4. The lowest BCUT2D eigenvalue weighted by molar-refractivity contribution is -0.133. The van der Waals surface area contributed by atoms with Gasteiger partial charge in [0, 0.05) is 33.5 Å². The second kappa shape index (κ2) is 6.52. The van der Waals surface area contributed by atoms with Gasteiger partial charge in [-0.25, -0.2) is 0 Å². The van der Waals surface area contributed by atoms with Gasteiger partial charge in [-0.1, -0.05) is 46.3 Å². The van der Waals surface area contributed by atoms with Crippen molar-refractivity contribution in [1.82, 2.24) is 9.88 Å². The Hall–Kier alpha value is -2.53. The summed E-state index contributed by atoms with van der Waals surface area (Å²) in [6.45, 7) is 2.30. The summed E-state index contributed by atoms with van der Waals surface area (Å²) in [5, 5.41) is 11.6. The number of benzene rings is 2. The van der Waals surface area contributed by atoms with Crippen LogP contribution in [0.3, 0.4) is 0 Å². The number of aromatic amines is 1. The number of nitrogens with one attached hydrogen (secondary N) is 1. The molecule has 0 saturated carbocycles.